The summed E-state index contributed by atoms with van der Waals surface area (Å²) >= 11 is 0. The first kappa shape index (κ1) is 17.5. The molecular weight excluding hydrogens is 292 g/mol. The average Bonchev–Trinajstić information content (AvgIpc) is 2.34. The number of benzene rings is 1. The van der Waals surface area contributed by atoms with Crippen molar-refractivity contribution in [2.75, 3.05) is 25.4 Å². The van der Waals surface area contributed by atoms with Crippen molar-refractivity contribution < 1.29 is 17.9 Å². The summed E-state index contributed by atoms with van der Waals surface area (Å²) in [6, 6.07) is 3.22. The van der Waals surface area contributed by atoms with E-state index in [1.54, 1.807) is 39.8 Å². The topological polar surface area (TPSA) is 89.7 Å². The fourth-order valence-electron chi connectivity index (χ4n) is 2.24. The molecule has 0 saturated heterocycles. The summed E-state index contributed by atoms with van der Waals surface area (Å²) in [7, 11) is -3.77. The summed E-state index contributed by atoms with van der Waals surface area (Å²) in [6.45, 7) is 6.84. The highest BCUT2D eigenvalue weighted by Gasteiger charge is 2.28. The number of carbonyl (C=O) groups is 1. The lowest BCUT2D eigenvalue weighted by Crippen LogP contribution is -2.37. The van der Waals surface area contributed by atoms with Crippen LogP contribution in [0.3, 0.4) is 0 Å². The predicted octanol–water partition coefficient (Wildman–Crippen LogP) is 1.46. The van der Waals surface area contributed by atoms with Gasteiger partial charge in [0.15, 0.2) is 0 Å². The van der Waals surface area contributed by atoms with Crippen LogP contribution in [-0.4, -0.2) is 38.4 Å². The number of ether oxygens (including phenoxy) is 1. The van der Waals surface area contributed by atoms with Crippen LogP contribution in [0.25, 0.3) is 0 Å². The van der Waals surface area contributed by atoms with Crippen LogP contribution >= 0.6 is 0 Å². The molecule has 0 aliphatic rings. The fraction of sp³-hybridized carbons (Fsp3) is 0.500. The van der Waals surface area contributed by atoms with Crippen LogP contribution in [0.4, 0.5) is 5.69 Å². The normalized spacial score (nSPS) is 11.7. The number of sulfonamides is 1. The quantitative estimate of drug-likeness (QED) is 0.634. The minimum absolute atomic E-state index is 0.185. The Labute approximate surface area is 125 Å². The maximum atomic E-state index is 12.7. The summed E-state index contributed by atoms with van der Waals surface area (Å²) in [6.07, 6.45) is 0. The zero-order chi connectivity index (χ0) is 16.2. The van der Waals surface area contributed by atoms with E-state index in [1.165, 1.54) is 0 Å². The highest BCUT2D eigenvalue weighted by molar-refractivity contribution is 7.89. The lowest BCUT2D eigenvalue weighted by atomic mass is 10.1. The molecule has 0 saturated carbocycles. The summed E-state index contributed by atoms with van der Waals surface area (Å²) in [5.74, 6) is -0.561. The van der Waals surface area contributed by atoms with Crippen molar-refractivity contribution in [3.63, 3.8) is 0 Å². The molecular formula is C14H22N2O4S. The van der Waals surface area contributed by atoms with E-state index in [0.717, 1.165) is 4.31 Å². The average molecular weight is 314 g/mol. The maximum Gasteiger partial charge on any atom is 0.321 e. The molecule has 0 fully saturated rings. The Balaban J connectivity index is 3.23. The van der Waals surface area contributed by atoms with Gasteiger partial charge in [-0.2, -0.15) is 4.31 Å². The molecule has 0 spiro atoms. The maximum absolute atomic E-state index is 12.7. The summed E-state index contributed by atoms with van der Waals surface area (Å²) < 4.78 is 31.4. The number of nitrogens with two attached hydrogens (primary N) is 1. The Morgan fingerprint density at radius 2 is 1.76 bits per heavy atom. The van der Waals surface area contributed by atoms with Gasteiger partial charge in [0.05, 0.1) is 11.5 Å². The van der Waals surface area contributed by atoms with Crippen LogP contribution in [-0.2, 0) is 19.6 Å². The van der Waals surface area contributed by atoms with Crippen LogP contribution in [0.5, 0.6) is 0 Å². The van der Waals surface area contributed by atoms with Gasteiger partial charge in [-0.1, -0.05) is 6.92 Å². The van der Waals surface area contributed by atoms with Crippen molar-refractivity contribution in [2.45, 2.75) is 32.6 Å². The second kappa shape index (κ2) is 6.91. The third kappa shape index (κ3) is 3.95. The molecule has 0 heterocycles. The number of likely N-dealkylation sites (N-methyl/N-ethyl adjacent to an activating group) is 1. The molecule has 0 aliphatic carbocycles. The van der Waals surface area contributed by atoms with Crippen molar-refractivity contribution in [1.82, 2.24) is 4.31 Å². The van der Waals surface area contributed by atoms with Crippen molar-refractivity contribution >= 4 is 21.7 Å². The number of nitrogen functional groups attached to an aromatic ring is 1. The van der Waals surface area contributed by atoms with Crippen molar-refractivity contribution in [3.8, 4) is 0 Å². The van der Waals surface area contributed by atoms with Gasteiger partial charge in [0.2, 0.25) is 10.0 Å². The molecule has 0 aromatic heterocycles. The number of hydrogen-bond acceptors (Lipinski definition) is 5. The van der Waals surface area contributed by atoms with E-state index in [-0.39, 0.29) is 24.6 Å². The largest absolute Gasteiger partial charge is 0.465 e. The third-order valence-electron chi connectivity index (χ3n) is 3.04. The zero-order valence-electron chi connectivity index (χ0n) is 12.8. The minimum atomic E-state index is -3.77. The van der Waals surface area contributed by atoms with Crippen LogP contribution in [0, 0.1) is 13.8 Å². The van der Waals surface area contributed by atoms with Crippen LogP contribution < -0.4 is 5.73 Å². The number of nitrogens with zero attached hydrogens (tertiary/aromatic N) is 1. The molecule has 0 aliphatic heterocycles. The van der Waals surface area contributed by atoms with Gasteiger partial charge in [-0.3, -0.25) is 4.79 Å². The molecule has 6 nitrogen and oxygen atoms in total. The number of esters is 1. The molecule has 7 heteroatoms. The highest BCUT2D eigenvalue weighted by atomic mass is 32.2. The molecule has 21 heavy (non-hydrogen) atoms. The van der Waals surface area contributed by atoms with Crippen molar-refractivity contribution in [2.24, 2.45) is 0 Å². The van der Waals surface area contributed by atoms with Crippen molar-refractivity contribution in [3.05, 3.63) is 23.3 Å². The monoisotopic (exact) mass is 314 g/mol. The predicted molar refractivity (Wildman–Crippen MR) is 81.4 cm³/mol. The van der Waals surface area contributed by atoms with Gasteiger partial charge in [-0.15, -0.1) is 0 Å². The Morgan fingerprint density at radius 3 is 2.19 bits per heavy atom. The van der Waals surface area contributed by atoms with E-state index < -0.39 is 16.0 Å². The van der Waals surface area contributed by atoms with Gasteiger partial charge in [0.25, 0.3) is 0 Å². The van der Waals surface area contributed by atoms with Crippen LogP contribution in [0.2, 0.25) is 0 Å². The zero-order valence-corrected chi connectivity index (χ0v) is 13.7. The summed E-state index contributed by atoms with van der Waals surface area (Å²) in [4.78, 5) is 11.8. The molecule has 1 rings (SSSR count). The van der Waals surface area contributed by atoms with Gasteiger partial charge in [0.1, 0.15) is 6.54 Å². The fourth-order valence-corrected chi connectivity index (χ4v) is 4.04. The van der Waals surface area contributed by atoms with Gasteiger partial charge in [-0.05, 0) is 44.0 Å². The number of aryl methyl sites for hydroxylation is 2. The molecule has 0 radical (unpaired) electrons. The van der Waals surface area contributed by atoms with E-state index in [1.807, 2.05) is 0 Å². The molecule has 1 aromatic rings. The standard InChI is InChI=1S/C14H22N2O4S/c1-5-16(9-13(17)20-6-2)21(18,19)14-10(3)7-12(15)8-11(14)4/h7-8H,5-6,9,15H2,1-4H3. The highest BCUT2D eigenvalue weighted by Crippen LogP contribution is 2.26. The smallest absolute Gasteiger partial charge is 0.321 e. The van der Waals surface area contributed by atoms with Crippen LogP contribution in [0.15, 0.2) is 17.0 Å². The first-order chi connectivity index (χ1) is 9.73. The molecule has 0 bridgehead atoms. The molecule has 1 aromatic carbocycles. The lowest BCUT2D eigenvalue weighted by Gasteiger charge is -2.22. The number of rotatable bonds is 6. The third-order valence-corrected chi connectivity index (χ3v) is 5.27. The van der Waals surface area contributed by atoms with E-state index >= 15 is 0 Å². The van der Waals surface area contributed by atoms with E-state index in [2.05, 4.69) is 0 Å². The van der Waals surface area contributed by atoms with Crippen molar-refractivity contribution in [1.29, 1.82) is 0 Å². The Morgan fingerprint density at radius 1 is 1.24 bits per heavy atom. The molecule has 0 atom stereocenters. The molecule has 2 N–H and O–H groups in total. The first-order valence-electron chi connectivity index (χ1n) is 6.76. The Kier molecular flexibility index (Phi) is 5.74. The van der Waals surface area contributed by atoms with E-state index in [4.69, 9.17) is 10.5 Å². The number of anilines is 1. The first-order valence-corrected chi connectivity index (χ1v) is 8.20. The molecule has 0 unspecified atom stereocenters. The van der Waals surface area contributed by atoms with Gasteiger partial charge < -0.3 is 10.5 Å². The van der Waals surface area contributed by atoms with E-state index in [9.17, 15) is 13.2 Å². The lowest BCUT2D eigenvalue weighted by molar-refractivity contribution is -0.143. The Bertz CT molecular complexity index is 603. The van der Waals surface area contributed by atoms with E-state index in [0.29, 0.717) is 16.8 Å². The number of hydrogen-bond donors (Lipinski definition) is 1. The number of carbonyl (C=O) groups excluding carboxylic acids is 1. The summed E-state index contributed by atoms with van der Waals surface area (Å²) in [5.41, 5.74) is 7.36. The second-order valence-corrected chi connectivity index (χ2v) is 6.59. The SMILES string of the molecule is CCOC(=O)CN(CC)S(=O)(=O)c1c(C)cc(N)cc1C. The summed E-state index contributed by atoms with van der Waals surface area (Å²) in [5, 5.41) is 0. The Hall–Kier alpha value is -1.60. The second-order valence-electron chi connectivity index (χ2n) is 4.72. The van der Waals surface area contributed by atoms with Gasteiger partial charge >= 0.3 is 5.97 Å². The molecule has 118 valence electrons. The van der Waals surface area contributed by atoms with Crippen LogP contribution in [0.1, 0.15) is 25.0 Å². The molecule has 0 amide bonds. The minimum Gasteiger partial charge on any atom is -0.465 e. The van der Waals surface area contributed by atoms with Gasteiger partial charge in [0, 0.05) is 12.2 Å². The van der Waals surface area contributed by atoms with Gasteiger partial charge in [-0.25, -0.2) is 8.42 Å².